The number of thioether (sulfide) groups is 1. The van der Waals surface area contributed by atoms with E-state index >= 15 is 0 Å². The van der Waals surface area contributed by atoms with Gasteiger partial charge in [-0.1, -0.05) is 0 Å². The van der Waals surface area contributed by atoms with Crippen molar-refractivity contribution in [2.24, 2.45) is 0 Å². The van der Waals surface area contributed by atoms with Crippen LogP contribution in [0.15, 0.2) is 23.4 Å². The molecule has 0 spiro atoms. The lowest BCUT2D eigenvalue weighted by atomic mass is 10.3. The lowest BCUT2D eigenvalue weighted by molar-refractivity contribution is -0.384. The number of aromatic nitrogens is 2. The second kappa shape index (κ2) is 5.03. The fourth-order valence-corrected chi connectivity index (χ4v) is 2.13. The van der Waals surface area contributed by atoms with E-state index in [-0.39, 0.29) is 27.4 Å². The van der Waals surface area contributed by atoms with Crippen LogP contribution in [0.1, 0.15) is 6.55 Å². The number of nitro benzene ring substituents is 1. The summed E-state index contributed by atoms with van der Waals surface area (Å²) in [6, 6.07) is 3.09. The van der Waals surface area contributed by atoms with Crippen molar-refractivity contribution in [3.63, 3.8) is 0 Å². The quantitative estimate of drug-likeness (QED) is 0.374. The van der Waals surface area contributed by atoms with E-state index in [4.69, 9.17) is 0 Å². The molecule has 10 heteroatoms. The maximum Gasteiger partial charge on any atom is 0.321 e. The summed E-state index contributed by atoms with van der Waals surface area (Å²) in [7, 11) is 0. The summed E-state index contributed by atoms with van der Waals surface area (Å²) in [4.78, 5) is 13.4. The fourth-order valence-electron chi connectivity index (χ4n) is 1.52. The summed E-state index contributed by atoms with van der Waals surface area (Å²) in [6.07, 6.45) is 0. The van der Waals surface area contributed by atoms with Gasteiger partial charge in [0.1, 0.15) is 0 Å². The molecule has 2 rings (SSSR count). The van der Waals surface area contributed by atoms with Crippen molar-refractivity contribution >= 4 is 28.5 Å². The highest BCUT2D eigenvalue weighted by Crippen LogP contribution is 2.33. The molecule has 0 aliphatic heterocycles. The Morgan fingerprint density at radius 2 is 2.00 bits per heavy atom. The number of imidazole rings is 1. The van der Waals surface area contributed by atoms with Gasteiger partial charge in [-0.3, -0.25) is 14.7 Å². The van der Waals surface area contributed by atoms with E-state index in [1.807, 2.05) is 0 Å². The third kappa shape index (κ3) is 2.62. The molecular weight excluding hydrogens is 290 g/mol. The van der Waals surface area contributed by atoms with Gasteiger partial charge in [0.25, 0.3) is 11.4 Å². The molecule has 0 aliphatic rings. The lowest BCUT2D eigenvalue weighted by Crippen LogP contribution is -2.01. The number of nitrogens with zero attached hydrogens (tertiary/aromatic N) is 3. The number of rotatable bonds is 4. The third-order valence-corrected chi connectivity index (χ3v) is 2.92. The Kier molecular flexibility index (Phi) is 3.60. The maximum absolute atomic E-state index is 12.9. The molecule has 0 unspecified atom stereocenters. The third-order valence-electron chi connectivity index (χ3n) is 2.24. The van der Waals surface area contributed by atoms with Gasteiger partial charge in [0, 0.05) is 12.1 Å². The lowest BCUT2D eigenvalue weighted by Gasteiger charge is -2.06. The van der Waals surface area contributed by atoms with Crippen LogP contribution >= 0.6 is 11.8 Å². The number of nitro groups is 1. The van der Waals surface area contributed by atoms with E-state index in [9.17, 15) is 27.7 Å². The van der Waals surface area contributed by atoms with Gasteiger partial charge >= 0.3 is 6.55 Å². The Balaban J connectivity index is 2.64. The van der Waals surface area contributed by atoms with Crippen molar-refractivity contribution in [3.8, 4) is 0 Å². The first-order valence-electron chi connectivity index (χ1n) is 4.79. The van der Waals surface area contributed by atoms with Crippen LogP contribution in [0.4, 0.5) is 23.2 Å². The number of hydrogen-bond acceptors (Lipinski definition) is 4. The largest absolute Gasteiger partial charge is 0.321 e. The molecule has 1 heterocycles. The maximum atomic E-state index is 12.9. The Morgan fingerprint density at radius 3 is 2.53 bits per heavy atom. The number of hydrogen-bond donors (Lipinski definition) is 0. The summed E-state index contributed by atoms with van der Waals surface area (Å²) in [6.45, 7) is -3.12. The molecule has 0 saturated heterocycles. The molecule has 5 nitrogen and oxygen atoms in total. The molecule has 1 aromatic heterocycles. The van der Waals surface area contributed by atoms with Crippen molar-refractivity contribution in [1.82, 2.24) is 9.55 Å². The summed E-state index contributed by atoms with van der Waals surface area (Å²) >= 11 is -0.138. The molecule has 0 fully saturated rings. The molecule has 19 heavy (non-hydrogen) atoms. The van der Waals surface area contributed by atoms with Crippen molar-refractivity contribution in [2.45, 2.75) is 17.5 Å². The molecule has 0 aliphatic carbocycles. The van der Waals surface area contributed by atoms with E-state index < -0.39 is 28.1 Å². The molecule has 0 radical (unpaired) electrons. The van der Waals surface area contributed by atoms with Crippen LogP contribution in [0.2, 0.25) is 0 Å². The van der Waals surface area contributed by atoms with Crippen LogP contribution < -0.4 is 0 Å². The fraction of sp³-hybridized carbons (Fsp3) is 0.222. The molecule has 0 bridgehead atoms. The number of alkyl halides is 4. The average Bonchev–Trinajstić information content (AvgIpc) is 2.64. The minimum atomic E-state index is -3.12. The second-order valence-corrected chi connectivity index (χ2v) is 4.31. The summed E-state index contributed by atoms with van der Waals surface area (Å²) < 4.78 is 50.5. The zero-order chi connectivity index (χ0) is 14.2. The van der Waals surface area contributed by atoms with Gasteiger partial charge in [0.05, 0.1) is 16.0 Å². The van der Waals surface area contributed by atoms with Gasteiger partial charge in [0.15, 0.2) is 5.16 Å². The van der Waals surface area contributed by atoms with Crippen LogP contribution in [-0.4, -0.2) is 20.2 Å². The van der Waals surface area contributed by atoms with Crippen molar-refractivity contribution in [1.29, 1.82) is 0 Å². The number of benzene rings is 1. The standard InChI is InChI=1S/C9H5F4N3O2S/c10-7(11)15-6-3-4(16(17)18)1-2-5(6)14-9(15)19-8(12)13/h1-3,7-8H. The molecule has 102 valence electrons. The highest BCUT2D eigenvalue weighted by atomic mass is 32.2. The first-order valence-corrected chi connectivity index (χ1v) is 5.67. The van der Waals surface area contributed by atoms with E-state index in [1.54, 1.807) is 0 Å². The van der Waals surface area contributed by atoms with Crippen molar-refractivity contribution in [3.05, 3.63) is 28.3 Å². The smallest absolute Gasteiger partial charge is 0.261 e. The zero-order valence-electron chi connectivity index (χ0n) is 8.96. The van der Waals surface area contributed by atoms with Gasteiger partial charge in [-0.05, 0) is 17.8 Å². The Morgan fingerprint density at radius 1 is 1.32 bits per heavy atom. The van der Waals surface area contributed by atoms with Gasteiger partial charge in [-0.25, -0.2) is 4.98 Å². The normalized spacial score (nSPS) is 11.7. The molecule has 0 saturated carbocycles. The minimum Gasteiger partial charge on any atom is -0.261 e. The van der Waals surface area contributed by atoms with E-state index in [1.165, 1.54) is 0 Å². The molecule has 0 N–H and O–H groups in total. The molecule has 2 aromatic rings. The van der Waals surface area contributed by atoms with E-state index in [0.717, 1.165) is 18.2 Å². The topological polar surface area (TPSA) is 61.0 Å². The zero-order valence-corrected chi connectivity index (χ0v) is 9.78. The monoisotopic (exact) mass is 295 g/mol. The average molecular weight is 295 g/mol. The Labute approximate surface area is 107 Å². The van der Waals surface area contributed by atoms with Gasteiger partial charge in [-0.2, -0.15) is 17.6 Å². The van der Waals surface area contributed by atoms with Crippen LogP contribution in [-0.2, 0) is 0 Å². The summed E-state index contributed by atoms with van der Waals surface area (Å²) in [5.74, 6) is -2.91. The Hall–Kier alpha value is -1.84. The van der Waals surface area contributed by atoms with Gasteiger partial charge in [-0.15, -0.1) is 0 Å². The summed E-state index contributed by atoms with van der Waals surface area (Å²) in [5, 5.41) is 9.99. The van der Waals surface area contributed by atoms with Crippen molar-refractivity contribution < 1.29 is 22.5 Å². The minimum absolute atomic E-state index is 0.00551. The number of halogens is 4. The Bertz CT molecular complexity index is 631. The predicted octanol–water partition coefficient (Wildman–Crippen LogP) is 3.65. The first-order chi connectivity index (χ1) is 8.90. The van der Waals surface area contributed by atoms with Crippen LogP contribution in [0.3, 0.4) is 0 Å². The number of non-ortho nitro benzene ring substituents is 1. The predicted molar refractivity (Wildman–Crippen MR) is 59.5 cm³/mol. The SMILES string of the molecule is O=[N+]([O-])c1ccc2nc(SC(F)F)n(C(F)F)c2c1. The van der Waals surface area contributed by atoms with Crippen molar-refractivity contribution in [2.75, 3.05) is 0 Å². The van der Waals surface area contributed by atoms with Crippen LogP contribution in [0.25, 0.3) is 11.0 Å². The van der Waals surface area contributed by atoms with Crippen LogP contribution in [0.5, 0.6) is 0 Å². The van der Waals surface area contributed by atoms with E-state index in [0.29, 0.717) is 0 Å². The molecule has 0 amide bonds. The second-order valence-electron chi connectivity index (χ2n) is 3.35. The molecule has 1 aromatic carbocycles. The highest BCUT2D eigenvalue weighted by Gasteiger charge is 2.22. The molecular formula is C9H5F4N3O2S. The molecule has 0 atom stereocenters. The van der Waals surface area contributed by atoms with Gasteiger partial charge in [0.2, 0.25) is 0 Å². The summed E-state index contributed by atoms with van der Waals surface area (Å²) in [5.41, 5.74) is -0.677. The van der Waals surface area contributed by atoms with E-state index in [2.05, 4.69) is 4.98 Å². The highest BCUT2D eigenvalue weighted by molar-refractivity contribution is 7.99. The number of fused-ring (bicyclic) bond motifs is 1. The van der Waals surface area contributed by atoms with Gasteiger partial charge < -0.3 is 0 Å². The van der Waals surface area contributed by atoms with Crippen LogP contribution in [0, 0.1) is 10.1 Å². The first kappa shape index (κ1) is 13.6.